The molecule has 0 radical (unpaired) electrons. The molecule has 19 heavy (non-hydrogen) atoms. The maximum atomic E-state index is 11.8. The van der Waals surface area contributed by atoms with Gasteiger partial charge < -0.3 is 9.84 Å². The molecule has 8 heteroatoms. The van der Waals surface area contributed by atoms with Crippen molar-refractivity contribution in [2.45, 2.75) is 45.6 Å². The summed E-state index contributed by atoms with van der Waals surface area (Å²) in [5, 5.41) is 9.13. The number of sulfonamides is 1. The monoisotopic (exact) mass is 295 g/mol. The molecule has 2 N–H and O–H groups in total. The summed E-state index contributed by atoms with van der Waals surface area (Å²) in [6.45, 7) is 4.97. The lowest BCUT2D eigenvalue weighted by molar-refractivity contribution is -0.144. The fraction of sp³-hybridized carbons (Fsp3) is 0.818. The van der Waals surface area contributed by atoms with Crippen LogP contribution in [-0.4, -0.2) is 43.4 Å². The highest BCUT2D eigenvalue weighted by molar-refractivity contribution is 7.89. The van der Waals surface area contributed by atoms with Crippen LogP contribution in [0.2, 0.25) is 0 Å². The highest BCUT2D eigenvalue weighted by Gasteiger charge is 2.38. The van der Waals surface area contributed by atoms with Crippen LogP contribution in [0.3, 0.4) is 0 Å². The van der Waals surface area contributed by atoms with Gasteiger partial charge in [-0.15, -0.1) is 0 Å². The van der Waals surface area contributed by atoms with Crippen LogP contribution in [-0.2, 0) is 24.3 Å². The van der Waals surface area contributed by atoms with Crippen molar-refractivity contribution in [2.24, 2.45) is 0 Å². The summed E-state index contributed by atoms with van der Waals surface area (Å²) >= 11 is 0. The number of ether oxygens (including phenoxy) is 1. The molecule has 0 bridgehead atoms. The first kappa shape index (κ1) is 17.8. The lowest BCUT2D eigenvalue weighted by atomic mass is 9.95. The Morgan fingerprint density at radius 2 is 1.74 bits per heavy atom. The van der Waals surface area contributed by atoms with Gasteiger partial charge in [-0.2, -0.15) is 4.72 Å². The minimum Gasteiger partial charge on any atom is -0.480 e. The summed E-state index contributed by atoms with van der Waals surface area (Å²) in [5.74, 6) is -2.33. The van der Waals surface area contributed by atoms with Crippen LogP contribution < -0.4 is 4.72 Å². The Balaban J connectivity index is 4.75. The number of rotatable bonds is 9. The summed E-state index contributed by atoms with van der Waals surface area (Å²) in [6, 6.07) is 0. The number of carboxylic acids is 1. The topological polar surface area (TPSA) is 110 Å². The first-order chi connectivity index (χ1) is 8.73. The van der Waals surface area contributed by atoms with E-state index in [2.05, 4.69) is 9.46 Å². The molecule has 0 aliphatic rings. The average Bonchev–Trinajstić information content (AvgIpc) is 2.34. The van der Waals surface area contributed by atoms with Gasteiger partial charge in [0.1, 0.15) is 5.54 Å². The van der Waals surface area contributed by atoms with Gasteiger partial charge in [0.25, 0.3) is 0 Å². The van der Waals surface area contributed by atoms with Crippen molar-refractivity contribution in [1.82, 2.24) is 4.72 Å². The van der Waals surface area contributed by atoms with E-state index in [4.69, 9.17) is 5.11 Å². The molecule has 0 atom stereocenters. The van der Waals surface area contributed by atoms with Crippen LogP contribution in [0.4, 0.5) is 0 Å². The Morgan fingerprint density at radius 3 is 2.11 bits per heavy atom. The van der Waals surface area contributed by atoms with Gasteiger partial charge in [0.15, 0.2) is 0 Å². The molecule has 0 rings (SSSR count). The third-order valence-corrected chi connectivity index (χ3v) is 4.29. The van der Waals surface area contributed by atoms with E-state index >= 15 is 0 Å². The third-order valence-electron chi connectivity index (χ3n) is 2.85. The predicted molar refractivity (Wildman–Crippen MR) is 69.1 cm³/mol. The molecule has 0 unspecified atom stereocenters. The molecule has 0 aromatic rings. The highest BCUT2D eigenvalue weighted by Crippen LogP contribution is 2.17. The van der Waals surface area contributed by atoms with Crippen LogP contribution >= 0.6 is 0 Å². The molecule has 0 heterocycles. The first-order valence-corrected chi connectivity index (χ1v) is 7.79. The fourth-order valence-corrected chi connectivity index (χ4v) is 3.05. The number of hydrogen-bond donors (Lipinski definition) is 2. The molecule has 0 saturated heterocycles. The van der Waals surface area contributed by atoms with E-state index in [9.17, 15) is 18.0 Å². The summed E-state index contributed by atoms with van der Waals surface area (Å²) in [5.41, 5.74) is -1.52. The zero-order valence-corrected chi connectivity index (χ0v) is 12.2. The van der Waals surface area contributed by atoms with Crippen LogP contribution in [0.5, 0.6) is 0 Å². The Kier molecular flexibility index (Phi) is 6.99. The number of carbonyl (C=O) groups is 2. The third kappa shape index (κ3) is 5.56. The summed E-state index contributed by atoms with van der Waals surface area (Å²) in [4.78, 5) is 22.3. The summed E-state index contributed by atoms with van der Waals surface area (Å²) < 4.78 is 30.4. The predicted octanol–water partition coefficient (Wildman–Crippen LogP) is 0.502. The van der Waals surface area contributed by atoms with Crippen LogP contribution in [0.25, 0.3) is 0 Å². The second-order valence-electron chi connectivity index (χ2n) is 4.07. The zero-order valence-electron chi connectivity index (χ0n) is 11.4. The second kappa shape index (κ2) is 7.44. The SMILES string of the molecule is CCOC(=O)CCS(=O)(=O)NC(CC)(CC)C(=O)O. The fourth-order valence-electron chi connectivity index (χ4n) is 1.54. The molecule has 0 aliphatic carbocycles. The smallest absolute Gasteiger partial charge is 0.324 e. The number of hydrogen-bond acceptors (Lipinski definition) is 5. The van der Waals surface area contributed by atoms with Crippen molar-refractivity contribution in [2.75, 3.05) is 12.4 Å². The molecule has 0 amide bonds. The summed E-state index contributed by atoms with van der Waals surface area (Å²) in [6.07, 6.45) is -0.0543. The molecular weight excluding hydrogens is 274 g/mol. The van der Waals surface area contributed by atoms with E-state index in [0.717, 1.165) is 0 Å². The van der Waals surface area contributed by atoms with Gasteiger partial charge in [0, 0.05) is 0 Å². The minimum atomic E-state index is -3.85. The van der Waals surface area contributed by atoms with Gasteiger partial charge in [0.05, 0.1) is 18.8 Å². The standard InChI is InChI=1S/C11H21NO6S/c1-4-11(5-2,10(14)15)12-19(16,17)8-7-9(13)18-6-3/h12H,4-8H2,1-3H3,(H,14,15). The van der Waals surface area contributed by atoms with Crippen LogP contribution in [0, 0.1) is 0 Å². The highest BCUT2D eigenvalue weighted by atomic mass is 32.2. The number of aliphatic carboxylic acids is 1. The number of carbonyl (C=O) groups excluding carboxylic acids is 1. The van der Waals surface area contributed by atoms with E-state index < -0.39 is 33.3 Å². The number of nitrogens with one attached hydrogen (secondary N) is 1. The van der Waals surface area contributed by atoms with Crippen molar-refractivity contribution in [3.05, 3.63) is 0 Å². The lowest BCUT2D eigenvalue weighted by Crippen LogP contribution is -2.54. The second-order valence-corrected chi connectivity index (χ2v) is 5.91. The van der Waals surface area contributed by atoms with Gasteiger partial charge >= 0.3 is 11.9 Å². The maximum Gasteiger partial charge on any atom is 0.324 e. The van der Waals surface area contributed by atoms with Crippen LogP contribution in [0.1, 0.15) is 40.0 Å². The van der Waals surface area contributed by atoms with Crippen molar-refractivity contribution in [3.63, 3.8) is 0 Å². The molecule has 0 aromatic heterocycles. The van der Waals surface area contributed by atoms with E-state index in [-0.39, 0.29) is 25.9 Å². The zero-order chi connectivity index (χ0) is 15.1. The lowest BCUT2D eigenvalue weighted by Gasteiger charge is -2.27. The van der Waals surface area contributed by atoms with E-state index in [1.54, 1.807) is 20.8 Å². The normalized spacial score (nSPS) is 12.2. The van der Waals surface area contributed by atoms with Gasteiger partial charge in [0.2, 0.25) is 10.0 Å². The number of carboxylic acid groups (broad SMARTS) is 1. The molecule has 0 spiro atoms. The quantitative estimate of drug-likeness (QED) is 0.599. The Hall–Kier alpha value is -1.15. The van der Waals surface area contributed by atoms with Crippen molar-refractivity contribution >= 4 is 22.0 Å². The average molecular weight is 295 g/mol. The van der Waals surface area contributed by atoms with Gasteiger partial charge in [-0.1, -0.05) is 13.8 Å². The molecule has 0 aliphatic heterocycles. The van der Waals surface area contributed by atoms with E-state index in [0.29, 0.717) is 0 Å². The molecule has 0 saturated carbocycles. The molecule has 0 aromatic carbocycles. The largest absolute Gasteiger partial charge is 0.480 e. The maximum absolute atomic E-state index is 11.8. The Morgan fingerprint density at radius 1 is 1.21 bits per heavy atom. The van der Waals surface area contributed by atoms with E-state index in [1.807, 2.05) is 0 Å². The van der Waals surface area contributed by atoms with Crippen molar-refractivity contribution in [1.29, 1.82) is 0 Å². The Labute approximate surface area is 113 Å². The van der Waals surface area contributed by atoms with Gasteiger partial charge in [-0.05, 0) is 19.8 Å². The molecule has 7 nitrogen and oxygen atoms in total. The minimum absolute atomic E-state index is 0.122. The molecule has 112 valence electrons. The van der Waals surface area contributed by atoms with E-state index in [1.165, 1.54) is 0 Å². The number of esters is 1. The molecule has 0 fully saturated rings. The first-order valence-electron chi connectivity index (χ1n) is 6.13. The van der Waals surface area contributed by atoms with Crippen molar-refractivity contribution in [3.8, 4) is 0 Å². The van der Waals surface area contributed by atoms with Crippen molar-refractivity contribution < 1.29 is 27.9 Å². The summed E-state index contributed by atoms with van der Waals surface area (Å²) in [7, 11) is -3.85. The Bertz CT molecular complexity index is 413. The van der Waals surface area contributed by atoms with Gasteiger partial charge in [-0.25, -0.2) is 8.42 Å². The van der Waals surface area contributed by atoms with Crippen LogP contribution in [0.15, 0.2) is 0 Å². The molecular formula is C11H21NO6S. The van der Waals surface area contributed by atoms with Gasteiger partial charge in [-0.3, -0.25) is 9.59 Å².